The van der Waals surface area contributed by atoms with Crippen molar-refractivity contribution in [1.29, 1.82) is 0 Å². The molecule has 6 nitrogen and oxygen atoms in total. The normalized spacial score (nSPS) is 19.9. The first kappa shape index (κ1) is 26.3. The lowest BCUT2D eigenvalue weighted by molar-refractivity contribution is -0.134. The van der Waals surface area contributed by atoms with Crippen LogP contribution in [0.15, 0.2) is 30.3 Å². The third-order valence-electron chi connectivity index (χ3n) is 7.80. The number of rotatable bonds is 8. The number of halogens is 4. The van der Waals surface area contributed by atoms with Gasteiger partial charge in [-0.1, -0.05) is 12.8 Å². The van der Waals surface area contributed by atoms with Crippen LogP contribution in [0.25, 0.3) is 0 Å². The van der Waals surface area contributed by atoms with E-state index in [0.29, 0.717) is 16.4 Å². The Morgan fingerprint density at radius 2 is 1.73 bits per heavy atom. The van der Waals surface area contributed by atoms with Crippen molar-refractivity contribution < 1.29 is 27.9 Å². The van der Waals surface area contributed by atoms with Crippen molar-refractivity contribution in [2.45, 2.75) is 63.0 Å². The molecule has 10 heteroatoms. The number of aliphatic hydroxyl groups is 1. The van der Waals surface area contributed by atoms with Gasteiger partial charge in [0.25, 0.3) is 5.91 Å². The monoisotopic (exact) mass is 627 g/mol. The number of anilines is 2. The molecule has 2 amide bonds. The van der Waals surface area contributed by atoms with Crippen molar-refractivity contribution in [1.82, 2.24) is 10.2 Å². The van der Waals surface area contributed by atoms with Crippen LogP contribution in [0.4, 0.5) is 24.5 Å². The van der Waals surface area contributed by atoms with Gasteiger partial charge in [-0.15, -0.1) is 0 Å². The Bertz CT molecular complexity index is 1220. The number of amides is 2. The lowest BCUT2D eigenvalue weighted by Gasteiger charge is -2.47. The summed E-state index contributed by atoms with van der Waals surface area (Å²) >= 11 is 1.93. The molecule has 3 N–H and O–H groups in total. The molecule has 0 atom stereocenters. The number of hydrogen-bond donors (Lipinski definition) is 3. The van der Waals surface area contributed by atoms with Gasteiger partial charge in [0.15, 0.2) is 11.6 Å². The molecule has 2 aromatic rings. The molecule has 0 aromatic heterocycles. The molecular weight excluding hydrogens is 598 g/mol. The maximum Gasteiger partial charge on any atom is 0.256 e. The molecule has 2 aromatic carbocycles. The third kappa shape index (κ3) is 5.45. The summed E-state index contributed by atoms with van der Waals surface area (Å²) < 4.78 is 43.8. The Labute approximate surface area is 227 Å². The van der Waals surface area contributed by atoms with Gasteiger partial charge in [0.2, 0.25) is 5.91 Å². The molecule has 37 heavy (non-hydrogen) atoms. The fourth-order valence-corrected chi connectivity index (χ4v) is 5.85. The van der Waals surface area contributed by atoms with Gasteiger partial charge in [-0.25, -0.2) is 13.2 Å². The van der Waals surface area contributed by atoms with Crippen LogP contribution in [0.1, 0.15) is 61.7 Å². The first-order valence-corrected chi connectivity index (χ1v) is 13.7. The van der Waals surface area contributed by atoms with E-state index in [1.165, 1.54) is 17.0 Å². The van der Waals surface area contributed by atoms with Gasteiger partial charge in [0.1, 0.15) is 5.82 Å². The molecule has 1 aliphatic heterocycles. The topological polar surface area (TPSA) is 81.7 Å². The van der Waals surface area contributed by atoms with Gasteiger partial charge in [0.05, 0.1) is 35.6 Å². The highest BCUT2D eigenvalue weighted by Crippen LogP contribution is 2.45. The molecule has 0 unspecified atom stereocenters. The number of carbonyl (C=O) groups is 2. The van der Waals surface area contributed by atoms with Crippen molar-refractivity contribution in [2.24, 2.45) is 5.41 Å². The molecule has 198 valence electrons. The maximum absolute atomic E-state index is 14.7. The van der Waals surface area contributed by atoms with Crippen LogP contribution in [-0.2, 0) is 4.79 Å². The predicted octanol–water partition coefficient (Wildman–Crippen LogP) is 5.26. The summed E-state index contributed by atoms with van der Waals surface area (Å²) in [7, 11) is 0. The zero-order valence-corrected chi connectivity index (χ0v) is 22.4. The molecule has 3 fully saturated rings. The minimum atomic E-state index is -1.29. The summed E-state index contributed by atoms with van der Waals surface area (Å²) in [5.41, 5.74) is -2.33. The van der Waals surface area contributed by atoms with E-state index in [4.69, 9.17) is 0 Å². The molecule has 0 bridgehead atoms. The van der Waals surface area contributed by atoms with Gasteiger partial charge >= 0.3 is 0 Å². The SMILES string of the molecule is O=C(c1ccc(F)c(F)c1Nc1ccc(I)cc1F)N1CC(O)(CCC2(C(=O)NC3CC3)CCCC2)C1. The van der Waals surface area contributed by atoms with Crippen molar-refractivity contribution in [3.05, 3.63) is 56.9 Å². The van der Waals surface area contributed by atoms with Crippen molar-refractivity contribution in [3.63, 3.8) is 0 Å². The highest BCUT2D eigenvalue weighted by Gasteiger charge is 2.48. The highest BCUT2D eigenvalue weighted by atomic mass is 127. The Morgan fingerprint density at radius 1 is 1.03 bits per heavy atom. The van der Waals surface area contributed by atoms with Crippen LogP contribution in [0.3, 0.4) is 0 Å². The first-order valence-electron chi connectivity index (χ1n) is 12.6. The summed E-state index contributed by atoms with van der Waals surface area (Å²) in [4.78, 5) is 27.5. The first-order chi connectivity index (χ1) is 17.6. The molecule has 2 aliphatic carbocycles. The smallest absolute Gasteiger partial charge is 0.256 e. The van der Waals surface area contributed by atoms with Crippen molar-refractivity contribution >= 4 is 45.8 Å². The van der Waals surface area contributed by atoms with Crippen LogP contribution in [0, 0.1) is 26.4 Å². The molecular formula is C27H29F3IN3O3. The second-order valence-electron chi connectivity index (χ2n) is 10.7. The Balaban J connectivity index is 1.27. The van der Waals surface area contributed by atoms with Gasteiger partial charge in [-0.3, -0.25) is 9.59 Å². The van der Waals surface area contributed by atoms with Crippen LogP contribution < -0.4 is 10.6 Å². The molecule has 1 heterocycles. The fourth-order valence-electron chi connectivity index (χ4n) is 5.39. The molecule has 3 aliphatic rings. The molecule has 0 radical (unpaired) electrons. The average molecular weight is 627 g/mol. The van der Waals surface area contributed by atoms with Crippen LogP contribution in [-0.4, -0.2) is 46.6 Å². The highest BCUT2D eigenvalue weighted by molar-refractivity contribution is 14.1. The zero-order chi connectivity index (χ0) is 26.4. The number of likely N-dealkylation sites (tertiary alicyclic amines) is 1. The van der Waals surface area contributed by atoms with Crippen molar-refractivity contribution in [2.75, 3.05) is 18.4 Å². The average Bonchev–Trinajstić information content (AvgIpc) is 3.52. The number of nitrogens with zero attached hydrogens (tertiary/aromatic N) is 1. The van der Waals surface area contributed by atoms with Gasteiger partial charge < -0.3 is 20.6 Å². The predicted molar refractivity (Wildman–Crippen MR) is 141 cm³/mol. The quantitative estimate of drug-likeness (QED) is 0.349. The summed E-state index contributed by atoms with van der Waals surface area (Å²) in [6, 6.07) is 6.50. The number of nitrogens with one attached hydrogen (secondary N) is 2. The van der Waals surface area contributed by atoms with E-state index in [-0.39, 0.29) is 36.3 Å². The van der Waals surface area contributed by atoms with Crippen LogP contribution in [0.2, 0.25) is 0 Å². The number of carbonyl (C=O) groups excluding carboxylic acids is 2. The van der Waals surface area contributed by atoms with E-state index >= 15 is 0 Å². The number of hydrogen-bond acceptors (Lipinski definition) is 4. The summed E-state index contributed by atoms with van der Waals surface area (Å²) in [6.45, 7) is 0.0327. The largest absolute Gasteiger partial charge is 0.386 e. The molecule has 5 rings (SSSR count). The summed E-state index contributed by atoms with van der Waals surface area (Å²) in [5, 5.41) is 16.7. The van der Waals surface area contributed by atoms with E-state index < -0.39 is 40.1 Å². The Morgan fingerprint density at radius 3 is 2.38 bits per heavy atom. The van der Waals surface area contributed by atoms with Gasteiger partial charge in [-0.2, -0.15) is 0 Å². The Hall–Kier alpha value is -2.34. The van der Waals surface area contributed by atoms with E-state index in [1.54, 1.807) is 6.07 Å². The molecule has 0 spiro atoms. The molecule has 1 saturated heterocycles. The summed E-state index contributed by atoms with van der Waals surface area (Å²) in [5.74, 6) is -3.65. The summed E-state index contributed by atoms with van der Waals surface area (Å²) in [6.07, 6.45) is 6.48. The maximum atomic E-state index is 14.7. The minimum Gasteiger partial charge on any atom is -0.386 e. The van der Waals surface area contributed by atoms with E-state index in [1.807, 2.05) is 22.6 Å². The number of benzene rings is 2. The zero-order valence-electron chi connectivity index (χ0n) is 20.3. The fraction of sp³-hybridized carbons (Fsp3) is 0.481. The molecule has 2 saturated carbocycles. The lowest BCUT2D eigenvalue weighted by atomic mass is 9.75. The van der Waals surface area contributed by atoms with Crippen LogP contribution >= 0.6 is 22.6 Å². The minimum absolute atomic E-state index is 0.0164. The number of β-amino-alcohol motifs (C(OH)–C–C–N with tert-alkyl or cyclic N) is 1. The standard InChI is InChI=1S/C27H29F3IN3O3/c28-19-7-6-18(23(22(19)30)33-21-8-3-16(31)13-20(21)29)24(35)34-14-27(37,15-34)12-11-26(9-1-2-10-26)25(36)32-17-4-5-17/h3,6-8,13,17,33,37H,1-2,4-5,9-12,14-15H2,(H,32,36). The van der Waals surface area contributed by atoms with Crippen LogP contribution in [0.5, 0.6) is 0 Å². The van der Waals surface area contributed by atoms with E-state index in [0.717, 1.165) is 50.7 Å². The van der Waals surface area contributed by atoms with E-state index in [2.05, 4.69) is 10.6 Å². The van der Waals surface area contributed by atoms with Crippen molar-refractivity contribution in [3.8, 4) is 0 Å². The third-order valence-corrected chi connectivity index (χ3v) is 8.47. The van der Waals surface area contributed by atoms with E-state index in [9.17, 15) is 27.9 Å². The second kappa shape index (κ2) is 10.1. The van der Waals surface area contributed by atoms with Gasteiger partial charge in [-0.05, 0) is 91.4 Å². The lowest BCUT2D eigenvalue weighted by Crippen LogP contribution is -2.63. The Kier molecular flexibility index (Phi) is 7.16. The van der Waals surface area contributed by atoms with Gasteiger partial charge in [0, 0.05) is 15.0 Å². The second-order valence-corrected chi connectivity index (χ2v) is 11.9.